The molecule has 1 aromatic carbocycles. The van der Waals surface area contributed by atoms with Gasteiger partial charge in [0, 0.05) is 26.1 Å². The molecule has 4 heteroatoms. The van der Waals surface area contributed by atoms with Gasteiger partial charge in [0.25, 0.3) is 0 Å². The predicted octanol–water partition coefficient (Wildman–Crippen LogP) is 5.17. The van der Waals surface area contributed by atoms with E-state index in [1.54, 1.807) is 11.3 Å². The van der Waals surface area contributed by atoms with Crippen LogP contribution in [0.3, 0.4) is 0 Å². The highest BCUT2D eigenvalue weighted by Gasteiger charge is 2.05. The van der Waals surface area contributed by atoms with Crippen LogP contribution < -0.4 is 0 Å². The van der Waals surface area contributed by atoms with Gasteiger partial charge in [0.15, 0.2) is 0 Å². The van der Waals surface area contributed by atoms with Crippen LogP contribution >= 0.6 is 38.9 Å². The quantitative estimate of drug-likeness (QED) is 0.612. The first-order valence-electron chi connectivity index (χ1n) is 5.20. The molecule has 17 heavy (non-hydrogen) atoms. The number of thiophene rings is 1. The number of hydrogen-bond donors (Lipinski definition) is 0. The summed E-state index contributed by atoms with van der Waals surface area (Å²) >= 11 is 11.4. The van der Waals surface area contributed by atoms with E-state index in [9.17, 15) is 0 Å². The van der Waals surface area contributed by atoms with Crippen molar-refractivity contribution in [1.82, 2.24) is 4.57 Å². The molecule has 0 saturated heterocycles. The number of fused-ring (bicyclic) bond motifs is 1. The summed E-state index contributed by atoms with van der Waals surface area (Å²) < 4.78 is 3.39. The molecule has 0 fully saturated rings. The number of nitrogens with zero attached hydrogens (tertiary/aromatic N) is 1. The first-order valence-corrected chi connectivity index (χ1v) is 7.25. The summed E-state index contributed by atoms with van der Waals surface area (Å²) in [6, 6.07) is 10.2. The third-order valence-corrected chi connectivity index (χ3v) is 4.89. The minimum Gasteiger partial charge on any atom is -0.342 e. The maximum atomic E-state index is 6.04. The van der Waals surface area contributed by atoms with E-state index in [2.05, 4.69) is 50.3 Å². The molecule has 0 aliphatic carbocycles. The normalized spacial score (nSPS) is 11.2. The highest BCUT2D eigenvalue weighted by molar-refractivity contribution is 9.10. The van der Waals surface area contributed by atoms with E-state index >= 15 is 0 Å². The Labute approximate surface area is 117 Å². The van der Waals surface area contributed by atoms with Crippen LogP contribution in [0.25, 0.3) is 10.9 Å². The fraction of sp³-hybridized carbons (Fsp3) is 0.0769. The number of hydrogen-bond acceptors (Lipinski definition) is 1. The highest BCUT2D eigenvalue weighted by Crippen LogP contribution is 2.26. The van der Waals surface area contributed by atoms with Gasteiger partial charge in [-0.15, -0.1) is 11.3 Å². The Kier molecular flexibility index (Phi) is 2.99. The van der Waals surface area contributed by atoms with E-state index in [1.165, 1.54) is 20.3 Å². The molecule has 3 rings (SSSR count). The number of halogens is 2. The average Bonchev–Trinajstić information content (AvgIpc) is 2.88. The summed E-state index contributed by atoms with van der Waals surface area (Å²) in [4.78, 5) is 1.32. The lowest BCUT2D eigenvalue weighted by molar-refractivity contribution is 0.848. The molecule has 86 valence electrons. The Hall–Kier alpha value is -0.770. The Bertz CT molecular complexity index is 671. The smallest absolute Gasteiger partial charge is 0.0580 e. The van der Waals surface area contributed by atoms with Crippen molar-refractivity contribution in [2.45, 2.75) is 6.54 Å². The molecule has 0 saturated carbocycles. The van der Waals surface area contributed by atoms with Crippen LogP contribution in [0.2, 0.25) is 5.02 Å². The van der Waals surface area contributed by atoms with Crippen LogP contribution in [0.1, 0.15) is 4.88 Å². The molecule has 2 heterocycles. The Balaban J connectivity index is 2.06. The monoisotopic (exact) mass is 325 g/mol. The molecule has 0 amide bonds. The van der Waals surface area contributed by atoms with Gasteiger partial charge < -0.3 is 4.57 Å². The van der Waals surface area contributed by atoms with Crippen LogP contribution in [0.4, 0.5) is 0 Å². The van der Waals surface area contributed by atoms with Crippen molar-refractivity contribution in [3.63, 3.8) is 0 Å². The van der Waals surface area contributed by atoms with Gasteiger partial charge in [-0.3, -0.25) is 0 Å². The molecule has 3 aromatic rings. The number of aromatic nitrogens is 1. The van der Waals surface area contributed by atoms with E-state index < -0.39 is 0 Å². The second kappa shape index (κ2) is 4.48. The van der Waals surface area contributed by atoms with Crippen LogP contribution in [-0.2, 0) is 6.54 Å². The molecule has 0 aliphatic rings. The molecule has 1 nitrogen and oxygen atoms in total. The Morgan fingerprint density at radius 3 is 2.88 bits per heavy atom. The summed E-state index contributed by atoms with van der Waals surface area (Å²) in [6.45, 7) is 0.877. The molecular formula is C13H9BrClNS. The highest BCUT2D eigenvalue weighted by atomic mass is 79.9. The third kappa shape index (κ3) is 2.15. The number of rotatable bonds is 2. The Morgan fingerprint density at radius 2 is 2.12 bits per heavy atom. The van der Waals surface area contributed by atoms with Gasteiger partial charge in [0.05, 0.1) is 6.54 Å². The van der Waals surface area contributed by atoms with Crippen LogP contribution in [0, 0.1) is 0 Å². The molecular weight excluding hydrogens is 318 g/mol. The van der Waals surface area contributed by atoms with E-state index in [0.29, 0.717) is 0 Å². The molecule has 0 radical (unpaired) electrons. The minimum absolute atomic E-state index is 0.780. The fourth-order valence-corrected chi connectivity index (χ4v) is 3.53. The SMILES string of the molecule is Clc1ccc2ccn(Cc3sccc3Br)c2c1. The lowest BCUT2D eigenvalue weighted by Gasteiger charge is -2.04. The molecule has 0 bridgehead atoms. The second-order valence-corrected chi connectivity index (χ2v) is 6.13. The number of benzene rings is 1. The molecule has 0 aliphatic heterocycles. The summed E-state index contributed by atoms with van der Waals surface area (Å²) in [7, 11) is 0. The molecule has 0 unspecified atom stereocenters. The predicted molar refractivity (Wildman–Crippen MR) is 78.1 cm³/mol. The second-order valence-electron chi connectivity index (χ2n) is 3.84. The van der Waals surface area contributed by atoms with Crippen molar-refractivity contribution in [2.75, 3.05) is 0 Å². The summed E-state index contributed by atoms with van der Waals surface area (Å²) in [5.41, 5.74) is 1.18. The standard InChI is InChI=1S/C13H9BrClNS/c14-11-4-6-17-13(11)8-16-5-3-9-1-2-10(15)7-12(9)16/h1-7H,8H2. The first kappa shape index (κ1) is 11.3. The lowest BCUT2D eigenvalue weighted by atomic mass is 10.2. The molecule has 0 atom stereocenters. The fourth-order valence-electron chi connectivity index (χ4n) is 1.89. The zero-order chi connectivity index (χ0) is 11.8. The van der Waals surface area contributed by atoms with E-state index in [-0.39, 0.29) is 0 Å². The van der Waals surface area contributed by atoms with Gasteiger partial charge in [-0.2, -0.15) is 0 Å². The average molecular weight is 327 g/mol. The van der Waals surface area contributed by atoms with E-state index in [0.717, 1.165) is 11.6 Å². The van der Waals surface area contributed by atoms with Gasteiger partial charge in [-0.05, 0) is 51.0 Å². The van der Waals surface area contributed by atoms with E-state index in [4.69, 9.17) is 11.6 Å². The summed E-state index contributed by atoms with van der Waals surface area (Å²) in [5.74, 6) is 0. The van der Waals surface area contributed by atoms with Crippen LogP contribution in [0.5, 0.6) is 0 Å². The topological polar surface area (TPSA) is 4.93 Å². The van der Waals surface area contributed by atoms with Crippen LogP contribution in [0.15, 0.2) is 46.4 Å². The largest absolute Gasteiger partial charge is 0.342 e. The first-order chi connectivity index (χ1) is 8.24. The van der Waals surface area contributed by atoms with Crippen molar-refractivity contribution in [2.24, 2.45) is 0 Å². The van der Waals surface area contributed by atoms with Gasteiger partial charge in [-0.1, -0.05) is 17.7 Å². The summed E-state index contributed by atoms with van der Waals surface area (Å²) in [5, 5.41) is 4.10. The summed E-state index contributed by atoms with van der Waals surface area (Å²) in [6.07, 6.45) is 2.10. The van der Waals surface area contributed by atoms with Crippen molar-refractivity contribution in [3.05, 3.63) is 56.3 Å². The zero-order valence-corrected chi connectivity index (χ0v) is 12.0. The van der Waals surface area contributed by atoms with Crippen molar-refractivity contribution >= 4 is 49.8 Å². The molecule has 2 aromatic heterocycles. The third-order valence-electron chi connectivity index (χ3n) is 2.74. The Morgan fingerprint density at radius 1 is 1.24 bits per heavy atom. The van der Waals surface area contributed by atoms with Gasteiger partial charge in [-0.25, -0.2) is 0 Å². The lowest BCUT2D eigenvalue weighted by Crippen LogP contribution is -1.95. The molecule has 0 spiro atoms. The maximum absolute atomic E-state index is 6.04. The van der Waals surface area contributed by atoms with Crippen molar-refractivity contribution in [3.8, 4) is 0 Å². The van der Waals surface area contributed by atoms with Gasteiger partial charge in [0.2, 0.25) is 0 Å². The van der Waals surface area contributed by atoms with Crippen molar-refractivity contribution in [1.29, 1.82) is 0 Å². The molecule has 0 N–H and O–H groups in total. The minimum atomic E-state index is 0.780. The van der Waals surface area contributed by atoms with Gasteiger partial charge >= 0.3 is 0 Å². The zero-order valence-electron chi connectivity index (χ0n) is 8.86. The van der Waals surface area contributed by atoms with Crippen molar-refractivity contribution < 1.29 is 0 Å². The van der Waals surface area contributed by atoms with Crippen LogP contribution in [-0.4, -0.2) is 4.57 Å². The van der Waals surface area contributed by atoms with E-state index in [1.807, 2.05) is 12.1 Å². The maximum Gasteiger partial charge on any atom is 0.0580 e. The van der Waals surface area contributed by atoms with Gasteiger partial charge in [0.1, 0.15) is 0 Å².